The molecule has 2 saturated heterocycles. The van der Waals surface area contributed by atoms with Crippen LogP contribution >= 0.6 is 0 Å². The maximum Gasteiger partial charge on any atom is 0.223 e. The Hall–Kier alpha value is -3.63. The fourth-order valence-corrected chi connectivity index (χ4v) is 4.79. The minimum atomic E-state index is -0.358. The Bertz CT molecular complexity index is 1290. The van der Waals surface area contributed by atoms with Crippen molar-refractivity contribution in [1.82, 2.24) is 24.4 Å². The summed E-state index contributed by atoms with van der Waals surface area (Å²) >= 11 is 0. The van der Waals surface area contributed by atoms with Crippen LogP contribution in [0.3, 0.4) is 0 Å². The molecule has 37 heavy (non-hydrogen) atoms. The Kier molecular flexibility index (Phi) is 7.57. The molecule has 0 saturated carbocycles. The third-order valence-corrected chi connectivity index (χ3v) is 6.87. The number of amides is 1. The van der Waals surface area contributed by atoms with Crippen LogP contribution in [0.1, 0.15) is 18.4 Å². The molecule has 2 fully saturated rings. The van der Waals surface area contributed by atoms with E-state index in [1.807, 2.05) is 11.1 Å². The van der Waals surface area contributed by atoms with Gasteiger partial charge in [0.25, 0.3) is 0 Å². The summed E-state index contributed by atoms with van der Waals surface area (Å²) in [5.74, 6) is 0.660. The predicted molar refractivity (Wildman–Crippen MR) is 138 cm³/mol. The van der Waals surface area contributed by atoms with Crippen molar-refractivity contribution in [3.63, 3.8) is 0 Å². The number of hydrogen-bond acceptors (Lipinski definition) is 7. The van der Waals surface area contributed by atoms with E-state index in [1.165, 1.54) is 12.1 Å². The minimum absolute atomic E-state index is 0.00977. The second-order valence-corrected chi connectivity index (χ2v) is 9.34. The Balaban J connectivity index is 1.33. The topological polar surface area (TPSA) is 83.3 Å². The van der Waals surface area contributed by atoms with Gasteiger partial charge in [0.2, 0.25) is 5.91 Å². The number of aromatic nitrogens is 3. The fourth-order valence-electron chi connectivity index (χ4n) is 4.79. The smallest absolute Gasteiger partial charge is 0.223 e. The van der Waals surface area contributed by atoms with E-state index in [1.54, 1.807) is 22.7 Å². The molecule has 5 rings (SSSR count). The number of ketones is 1. The molecule has 0 atom stereocenters. The van der Waals surface area contributed by atoms with Crippen molar-refractivity contribution >= 4 is 23.0 Å². The van der Waals surface area contributed by atoms with Gasteiger partial charge in [0.15, 0.2) is 17.4 Å². The van der Waals surface area contributed by atoms with Gasteiger partial charge in [-0.3, -0.25) is 14.5 Å². The second kappa shape index (κ2) is 11.2. The molecule has 4 heterocycles. The SMILES string of the molecule is C=CC(=O)CCC(=O)N1CCN(Cc2cc3c(N4CCOCC4)nc(-c4ccccc4F)nn3c2)CC1. The van der Waals surface area contributed by atoms with E-state index in [0.29, 0.717) is 57.3 Å². The molecule has 3 aromatic rings. The highest BCUT2D eigenvalue weighted by Crippen LogP contribution is 2.27. The molecule has 1 amide bonds. The molecule has 2 aliphatic rings. The first-order valence-electron chi connectivity index (χ1n) is 12.6. The van der Waals surface area contributed by atoms with Crippen molar-refractivity contribution in [2.24, 2.45) is 0 Å². The van der Waals surface area contributed by atoms with Crippen molar-refractivity contribution in [2.45, 2.75) is 19.4 Å². The van der Waals surface area contributed by atoms with Gasteiger partial charge in [0.1, 0.15) is 11.3 Å². The highest BCUT2D eigenvalue weighted by molar-refractivity contribution is 5.92. The predicted octanol–water partition coefficient (Wildman–Crippen LogP) is 2.55. The van der Waals surface area contributed by atoms with Crippen LogP contribution < -0.4 is 4.90 Å². The van der Waals surface area contributed by atoms with Crippen LogP contribution in [0.15, 0.2) is 49.2 Å². The number of carbonyl (C=O) groups excluding carboxylic acids is 2. The maximum atomic E-state index is 14.6. The lowest BCUT2D eigenvalue weighted by Crippen LogP contribution is -2.48. The molecule has 0 radical (unpaired) electrons. The number of ether oxygens (including phenoxy) is 1. The van der Waals surface area contributed by atoms with E-state index in [9.17, 15) is 14.0 Å². The van der Waals surface area contributed by atoms with Crippen LogP contribution in [0.25, 0.3) is 16.9 Å². The van der Waals surface area contributed by atoms with Gasteiger partial charge in [-0.25, -0.2) is 13.9 Å². The van der Waals surface area contributed by atoms with E-state index in [-0.39, 0.29) is 30.3 Å². The average molecular weight is 507 g/mol. The first-order chi connectivity index (χ1) is 18.0. The van der Waals surface area contributed by atoms with E-state index in [2.05, 4.69) is 27.5 Å². The number of rotatable bonds is 8. The lowest BCUT2D eigenvalue weighted by atomic mass is 10.2. The van der Waals surface area contributed by atoms with Crippen molar-refractivity contribution in [2.75, 3.05) is 57.4 Å². The Morgan fingerprint density at radius 2 is 1.81 bits per heavy atom. The third kappa shape index (κ3) is 5.70. The molecule has 0 aliphatic carbocycles. The van der Waals surface area contributed by atoms with E-state index >= 15 is 0 Å². The van der Waals surface area contributed by atoms with E-state index in [4.69, 9.17) is 9.72 Å². The maximum absolute atomic E-state index is 14.6. The number of nitrogens with zero attached hydrogens (tertiary/aromatic N) is 6. The number of morpholine rings is 1. The van der Waals surface area contributed by atoms with Gasteiger partial charge in [0.05, 0.1) is 18.8 Å². The molecule has 2 aliphatic heterocycles. The molecule has 0 bridgehead atoms. The van der Waals surface area contributed by atoms with Crippen molar-refractivity contribution < 1.29 is 18.7 Å². The molecule has 194 valence electrons. The lowest BCUT2D eigenvalue weighted by Gasteiger charge is -2.34. The van der Waals surface area contributed by atoms with Gasteiger partial charge in [-0.2, -0.15) is 0 Å². The van der Waals surface area contributed by atoms with Crippen LogP contribution in [-0.4, -0.2) is 88.6 Å². The standard InChI is InChI=1S/C27H31FN6O3/c1-2-21(35)7-8-25(36)32-11-9-31(10-12-32)18-20-17-24-27(33-13-15-37-16-14-33)29-26(30-34(24)19-20)22-5-3-4-6-23(22)28/h2-6,17,19H,1,7-16,18H2. The van der Waals surface area contributed by atoms with Crippen molar-refractivity contribution in [3.05, 3.63) is 60.6 Å². The Labute approximate surface area is 215 Å². The van der Waals surface area contributed by atoms with Gasteiger partial charge in [-0.15, -0.1) is 5.10 Å². The number of anilines is 1. The van der Waals surface area contributed by atoms with E-state index < -0.39 is 0 Å². The van der Waals surface area contributed by atoms with Gasteiger partial charge in [-0.1, -0.05) is 18.7 Å². The number of fused-ring (bicyclic) bond motifs is 1. The molecular weight excluding hydrogens is 475 g/mol. The summed E-state index contributed by atoms with van der Waals surface area (Å²) in [6.45, 7) is 9.56. The van der Waals surface area contributed by atoms with Crippen LogP contribution in [0.2, 0.25) is 0 Å². The number of hydrogen-bond donors (Lipinski definition) is 0. The Morgan fingerprint density at radius 1 is 1.05 bits per heavy atom. The summed E-state index contributed by atoms with van der Waals surface area (Å²) in [5.41, 5.74) is 2.31. The molecular formula is C27H31FN6O3. The van der Waals surface area contributed by atoms with Gasteiger partial charge >= 0.3 is 0 Å². The first kappa shape index (κ1) is 25.0. The minimum Gasteiger partial charge on any atom is -0.378 e. The van der Waals surface area contributed by atoms with Gasteiger partial charge in [0, 0.05) is 64.9 Å². The largest absolute Gasteiger partial charge is 0.378 e. The summed E-state index contributed by atoms with van der Waals surface area (Å²) in [4.78, 5) is 34.9. The summed E-state index contributed by atoms with van der Waals surface area (Å²) < 4.78 is 21.9. The fraction of sp³-hybridized carbons (Fsp3) is 0.407. The molecule has 0 spiro atoms. The second-order valence-electron chi connectivity index (χ2n) is 9.34. The van der Waals surface area contributed by atoms with Crippen LogP contribution in [-0.2, 0) is 20.9 Å². The molecule has 10 heteroatoms. The summed E-state index contributed by atoms with van der Waals surface area (Å²) in [6.07, 6.45) is 3.68. The van der Waals surface area contributed by atoms with Crippen LogP contribution in [0, 0.1) is 5.82 Å². The third-order valence-electron chi connectivity index (χ3n) is 6.87. The molecule has 1 aromatic carbocycles. The molecule has 2 aromatic heterocycles. The van der Waals surface area contributed by atoms with Crippen molar-refractivity contribution in [3.8, 4) is 11.4 Å². The Morgan fingerprint density at radius 3 is 2.54 bits per heavy atom. The van der Waals surface area contributed by atoms with E-state index in [0.717, 1.165) is 30.0 Å². The average Bonchev–Trinajstić information content (AvgIpc) is 3.34. The zero-order chi connectivity index (χ0) is 25.8. The lowest BCUT2D eigenvalue weighted by molar-refractivity contribution is -0.134. The monoisotopic (exact) mass is 506 g/mol. The first-order valence-corrected chi connectivity index (χ1v) is 12.6. The van der Waals surface area contributed by atoms with Crippen molar-refractivity contribution in [1.29, 1.82) is 0 Å². The van der Waals surface area contributed by atoms with Gasteiger partial charge < -0.3 is 14.5 Å². The summed E-state index contributed by atoms with van der Waals surface area (Å²) in [5, 5.41) is 4.65. The molecule has 0 N–H and O–H groups in total. The quantitative estimate of drug-likeness (QED) is 0.434. The van der Waals surface area contributed by atoms with Gasteiger partial charge in [-0.05, 0) is 29.8 Å². The highest BCUT2D eigenvalue weighted by Gasteiger charge is 2.23. The number of allylic oxidation sites excluding steroid dienone is 1. The molecule has 9 nitrogen and oxygen atoms in total. The number of halogens is 1. The zero-order valence-electron chi connectivity index (χ0n) is 20.8. The highest BCUT2D eigenvalue weighted by atomic mass is 19.1. The normalized spacial score (nSPS) is 16.8. The number of carbonyl (C=O) groups is 2. The zero-order valence-corrected chi connectivity index (χ0v) is 20.8. The van der Waals surface area contributed by atoms with Crippen LogP contribution in [0.5, 0.6) is 0 Å². The number of piperazine rings is 1. The number of benzene rings is 1. The summed E-state index contributed by atoms with van der Waals surface area (Å²) in [7, 11) is 0. The van der Waals surface area contributed by atoms with Crippen LogP contribution in [0.4, 0.5) is 10.2 Å². The molecule has 0 unspecified atom stereocenters. The summed E-state index contributed by atoms with van der Waals surface area (Å²) in [6, 6.07) is 8.64.